The van der Waals surface area contributed by atoms with E-state index >= 15 is 0 Å². The fraction of sp³-hybridized carbons (Fsp3) is 0.100. The van der Waals surface area contributed by atoms with Crippen molar-refractivity contribution < 1.29 is 4.92 Å². The number of rotatable bonds is 4. The van der Waals surface area contributed by atoms with Crippen LogP contribution in [0.4, 0.5) is 11.4 Å². The van der Waals surface area contributed by atoms with Crippen molar-refractivity contribution in [3.63, 3.8) is 0 Å². The number of hydrazine groups is 1. The minimum Gasteiger partial charge on any atom is -0.329 e. The van der Waals surface area contributed by atoms with E-state index in [4.69, 9.17) is 5.84 Å². The SMILES string of the molecule is Cn1ccnc1Sc1cccc(NN)c1[N+](=O)[O-]. The van der Waals surface area contributed by atoms with Crippen LogP contribution in [0.25, 0.3) is 0 Å². The largest absolute Gasteiger partial charge is 0.329 e. The minimum atomic E-state index is -0.458. The van der Waals surface area contributed by atoms with Crippen LogP contribution in [0, 0.1) is 10.1 Å². The fourth-order valence-electron chi connectivity index (χ4n) is 1.46. The van der Waals surface area contributed by atoms with E-state index in [1.807, 2.05) is 7.05 Å². The Morgan fingerprint density at radius 2 is 2.33 bits per heavy atom. The van der Waals surface area contributed by atoms with Crippen LogP contribution in [0.3, 0.4) is 0 Å². The maximum atomic E-state index is 11.1. The Labute approximate surface area is 107 Å². The third kappa shape index (κ3) is 2.29. The summed E-state index contributed by atoms with van der Waals surface area (Å²) in [5.74, 6) is 5.28. The zero-order chi connectivity index (χ0) is 13.1. The Kier molecular flexibility index (Phi) is 3.49. The van der Waals surface area contributed by atoms with E-state index in [9.17, 15) is 10.1 Å². The maximum absolute atomic E-state index is 11.1. The lowest BCUT2D eigenvalue weighted by molar-refractivity contribution is -0.386. The number of imidazole rings is 1. The van der Waals surface area contributed by atoms with Gasteiger partial charge in [0.05, 0.1) is 9.82 Å². The molecule has 2 rings (SSSR count). The van der Waals surface area contributed by atoms with Crippen molar-refractivity contribution >= 4 is 23.1 Å². The Morgan fingerprint density at radius 1 is 1.56 bits per heavy atom. The number of aromatic nitrogens is 2. The van der Waals surface area contributed by atoms with Crippen molar-refractivity contribution in [2.45, 2.75) is 10.1 Å². The molecule has 0 amide bonds. The van der Waals surface area contributed by atoms with Gasteiger partial charge < -0.3 is 9.99 Å². The van der Waals surface area contributed by atoms with E-state index in [0.717, 1.165) is 0 Å². The van der Waals surface area contributed by atoms with Crippen LogP contribution in [0.5, 0.6) is 0 Å². The normalized spacial score (nSPS) is 10.3. The second-order valence-corrected chi connectivity index (χ2v) is 4.49. The number of para-hydroxylation sites is 1. The number of nitrogens with two attached hydrogens (primary N) is 1. The standard InChI is InChI=1S/C10H11N5O2S/c1-14-6-5-12-10(14)18-8-4-2-3-7(13-11)9(8)15(16)17/h2-6,13H,11H2,1H3. The van der Waals surface area contributed by atoms with Crippen molar-refractivity contribution in [2.24, 2.45) is 12.9 Å². The third-order valence-electron chi connectivity index (χ3n) is 2.32. The van der Waals surface area contributed by atoms with E-state index in [1.54, 1.807) is 35.2 Å². The topological polar surface area (TPSA) is 99.0 Å². The molecule has 1 heterocycles. The molecule has 0 saturated carbocycles. The van der Waals surface area contributed by atoms with Crippen LogP contribution in [-0.4, -0.2) is 14.5 Å². The maximum Gasteiger partial charge on any atom is 0.307 e. The molecule has 0 saturated heterocycles. The molecule has 3 N–H and O–H groups in total. The zero-order valence-electron chi connectivity index (χ0n) is 9.53. The molecule has 0 aliphatic carbocycles. The van der Waals surface area contributed by atoms with Gasteiger partial charge >= 0.3 is 5.69 Å². The quantitative estimate of drug-likeness (QED) is 0.496. The van der Waals surface area contributed by atoms with Crippen molar-refractivity contribution in [1.29, 1.82) is 0 Å². The number of nitrogens with one attached hydrogen (secondary N) is 1. The molecule has 1 aromatic carbocycles. The fourth-order valence-corrected chi connectivity index (χ4v) is 2.40. The van der Waals surface area contributed by atoms with Gasteiger partial charge in [-0.2, -0.15) is 0 Å². The van der Waals surface area contributed by atoms with Gasteiger partial charge in [-0.3, -0.25) is 16.0 Å². The lowest BCUT2D eigenvalue weighted by atomic mass is 10.3. The van der Waals surface area contributed by atoms with Gasteiger partial charge in [0.2, 0.25) is 0 Å². The predicted molar refractivity (Wildman–Crippen MR) is 68.2 cm³/mol. The summed E-state index contributed by atoms with van der Waals surface area (Å²) in [6, 6.07) is 4.92. The average Bonchev–Trinajstić information content (AvgIpc) is 2.74. The number of nitrogens with zero attached hydrogens (tertiary/aromatic N) is 3. The van der Waals surface area contributed by atoms with Crippen LogP contribution in [0.15, 0.2) is 40.6 Å². The molecule has 7 nitrogen and oxygen atoms in total. The van der Waals surface area contributed by atoms with E-state index in [0.29, 0.717) is 10.1 Å². The van der Waals surface area contributed by atoms with E-state index in [1.165, 1.54) is 11.8 Å². The van der Waals surface area contributed by atoms with Crippen molar-refractivity contribution in [3.05, 3.63) is 40.7 Å². The Hall–Kier alpha value is -2.06. The lowest BCUT2D eigenvalue weighted by Crippen LogP contribution is -2.09. The summed E-state index contributed by atoms with van der Waals surface area (Å²) in [6.45, 7) is 0. The number of hydrogen-bond donors (Lipinski definition) is 2. The van der Waals surface area contributed by atoms with Crippen LogP contribution < -0.4 is 11.3 Å². The molecule has 0 spiro atoms. The van der Waals surface area contributed by atoms with Gasteiger partial charge in [0, 0.05) is 19.4 Å². The molecule has 2 aromatic rings. The van der Waals surface area contributed by atoms with Crippen molar-refractivity contribution in [2.75, 3.05) is 5.43 Å². The summed E-state index contributed by atoms with van der Waals surface area (Å²) in [5, 5.41) is 11.8. The average molecular weight is 265 g/mol. The summed E-state index contributed by atoms with van der Waals surface area (Å²) in [6.07, 6.45) is 3.42. The molecular weight excluding hydrogens is 254 g/mol. The summed E-state index contributed by atoms with van der Waals surface area (Å²) < 4.78 is 1.79. The van der Waals surface area contributed by atoms with Crippen LogP contribution in [0.2, 0.25) is 0 Å². The Morgan fingerprint density at radius 3 is 2.89 bits per heavy atom. The van der Waals surface area contributed by atoms with Gasteiger partial charge in [0.25, 0.3) is 0 Å². The molecule has 1 aromatic heterocycles. The monoisotopic (exact) mass is 265 g/mol. The first kappa shape index (κ1) is 12.4. The number of nitrogen functional groups attached to an aromatic ring is 1. The summed E-state index contributed by atoms with van der Waals surface area (Å²) in [7, 11) is 1.83. The highest BCUT2D eigenvalue weighted by Crippen LogP contribution is 2.38. The smallest absolute Gasteiger partial charge is 0.307 e. The van der Waals surface area contributed by atoms with Crippen LogP contribution in [-0.2, 0) is 7.05 Å². The molecule has 94 valence electrons. The van der Waals surface area contributed by atoms with Crippen molar-refractivity contribution in [1.82, 2.24) is 9.55 Å². The summed E-state index contributed by atoms with van der Waals surface area (Å²) in [5.41, 5.74) is 2.56. The predicted octanol–water partition coefficient (Wildman–Crippen LogP) is 1.77. The highest BCUT2D eigenvalue weighted by molar-refractivity contribution is 7.99. The molecule has 0 unspecified atom stereocenters. The molecular formula is C10H11N5O2S. The highest BCUT2D eigenvalue weighted by Gasteiger charge is 2.20. The number of benzene rings is 1. The van der Waals surface area contributed by atoms with E-state index in [2.05, 4.69) is 10.4 Å². The Bertz CT molecular complexity index is 583. The summed E-state index contributed by atoms with van der Waals surface area (Å²) >= 11 is 1.22. The van der Waals surface area contributed by atoms with Crippen LogP contribution in [0.1, 0.15) is 0 Å². The van der Waals surface area contributed by atoms with E-state index < -0.39 is 4.92 Å². The van der Waals surface area contributed by atoms with Crippen LogP contribution >= 0.6 is 11.8 Å². The molecule has 18 heavy (non-hydrogen) atoms. The van der Waals surface area contributed by atoms with Gasteiger partial charge in [-0.05, 0) is 23.9 Å². The molecule has 8 heteroatoms. The van der Waals surface area contributed by atoms with Gasteiger partial charge in [-0.25, -0.2) is 4.98 Å². The highest BCUT2D eigenvalue weighted by atomic mass is 32.2. The second-order valence-electron chi connectivity index (χ2n) is 3.48. The zero-order valence-corrected chi connectivity index (χ0v) is 10.3. The number of anilines is 1. The third-order valence-corrected chi connectivity index (χ3v) is 3.44. The molecule has 0 bridgehead atoms. The molecule has 0 aliphatic heterocycles. The minimum absolute atomic E-state index is 0.0481. The number of aryl methyl sites for hydroxylation is 1. The van der Waals surface area contributed by atoms with Crippen molar-refractivity contribution in [3.8, 4) is 0 Å². The van der Waals surface area contributed by atoms with Gasteiger partial charge in [-0.1, -0.05) is 6.07 Å². The van der Waals surface area contributed by atoms with Gasteiger partial charge in [0.15, 0.2) is 5.16 Å². The van der Waals surface area contributed by atoms with Gasteiger partial charge in [0.1, 0.15) is 5.69 Å². The summed E-state index contributed by atoms with van der Waals surface area (Å²) in [4.78, 5) is 15.2. The first-order valence-electron chi connectivity index (χ1n) is 5.02. The number of hydrogen-bond acceptors (Lipinski definition) is 6. The van der Waals surface area contributed by atoms with Gasteiger partial charge in [-0.15, -0.1) is 0 Å². The molecule has 0 radical (unpaired) electrons. The lowest BCUT2D eigenvalue weighted by Gasteiger charge is -2.06. The number of nitro groups is 1. The molecule has 0 fully saturated rings. The molecule has 0 atom stereocenters. The number of nitro benzene ring substituents is 1. The first-order chi connectivity index (χ1) is 8.63. The first-order valence-corrected chi connectivity index (χ1v) is 5.84. The van der Waals surface area contributed by atoms with E-state index in [-0.39, 0.29) is 11.4 Å². The Balaban J connectivity index is 2.44. The molecule has 0 aliphatic rings. The second kappa shape index (κ2) is 5.07.